The molecule has 1 unspecified atom stereocenters. The predicted octanol–water partition coefficient (Wildman–Crippen LogP) is 4.05. The summed E-state index contributed by atoms with van der Waals surface area (Å²) < 4.78 is 5.63. The highest BCUT2D eigenvalue weighted by atomic mass is 16.4. The van der Waals surface area contributed by atoms with Crippen LogP contribution in [0.15, 0.2) is 40.8 Å². The Kier molecular flexibility index (Phi) is 5.79. The Morgan fingerprint density at radius 2 is 1.88 bits per heavy atom. The normalized spacial score (nSPS) is 12.2. The molecule has 1 amide bonds. The van der Waals surface area contributed by atoms with Crippen LogP contribution in [0.4, 0.5) is 0 Å². The van der Waals surface area contributed by atoms with Crippen molar-refractivity contribution in [1.82, 2.24) is 5.32 Å². The number of hydrogen-bond acceptors (Lipinski definition) is 3. The number of carboxylic acids is 1. The first-order valence-electron chi connectivity index (χ1n) is 8.06. The van der Waals surface area contributed by atoms with E-state index in [4.69, 9.17) is 9.52 Å². The largest absolute Gasteiger partial charge is 0.481 e. The first kappa shape index (κ1) is 17.8. The van der Waals surface area contributed by atoms with Crippen LogP contribution in [0.2, 0.25) is 0 Å². The lowest BCUT2D eigenvalue weighted by atomic mass is 10.0. The van der Waals surface area contributed by atoms with E-state index < -0.39 is 5.97 Å². The van der Waals surface area contributed by atoms with Gasteiger partial charge in [-0.3, -0.25) is 9.59 Å². The van der Waals surface area contributed by atoms with Crippen molar-refractivity contribution in [2.75, 3.05) is 0 Å². The van der Waals surface area contributed by atoms with E-state index in [1.807, 2.05) is 44.2 Å². The number of rotatable bonds is 7. The fraction of sp³-hybridized carbons (Fsp3) is 0.368. The van der Waals surface area contributed by atoms with Crippen LogP contribution < -0.4 is 5.32 Å². The average molecular weight is 329 g/mol. The lowest BCUT2D eigenvalue weighted by Crippen LogP contribution is -2.29. The van der Waals surface area contributed by atoms with Crippen LogP contribution in [0.5, 0.6) is 0 Å². The van der Waals surface area contributed by atoms with Crippen LogP contribution >= 0.6 is 0 Å². The van der Waals surface area contributed by atoms with Crippen molar-refractivity contribution >= 4 is 11.9 Å². The average Bonchev–Trinajstić information content (AvgIpc) is 2.94. The van der Waals surface area contributed by atoms with Crippen molar-refractivity contribution < 1.29 is 19.1 Å². The zero-order valence-corrected chi connectivity index (χ0v) is 14.2. The molecular weight excluding hydrogens is 306 g/mol. The highest BCUT2D eigenvalue weighted by Crippen LogP contribution is 2.24. The maximum Gasteiger partial charge on any atom is 0.303 e. The SMILES string of the molecule is Cc1oc(C(C)C)cc1C(=O)NC(CCC(=O)O)c1ccccc1. The second-order valence-electron chi connectivity index (χ2n) is 6.14. The predicted molar refractivity (Wildman–Crippen MR) is 91.1 cm³/mol. The summed E-state index contributed by atoms with van der Waals surface area (Å²) in [6, 6.07) is 10.8. The minimum Gasteiger partial charge on any atom is -0.481 e. The van der Waals surface area contributed by atoms with E-state index in [2.05, 4.69) is 5.32 Å². The van der Waals surface area contributed by atoms with Gasteiger partial charge in [-0.2, -0.15) is 0 Å². The van der Waals surface area contributed by atoms with E-state index in [0.29, 0.717) is 17.7 Å². The molecule has 0 aliphatic carbocycles. The number of benzene rings is 1. The van der Waals surface area contributed by atoms with Crippen LogP contribution in [0.1, 0.15) is 66.1 Å². The van der Waals surface area contributed by atoms with Gasteiger partial charge in [-0.15, -0.1) is 0 Å². The molecule has 5 heteroatoms. The number of furan rings is 1. The highest BCUT2D eigenvalue weighted by Gasteiger charge is 2.21. The molecule has 0 saturated carbocycles. The van der Waals surface area contributed by atoms with Gasteiger partial charge >= 0.3 is 5.97 Å². The van der Waals surface area contributed by atoms with Crippen molar-refractivity contribution in [3.05, 3.63) is 59.0 Å². The second kappa shape index (κ2) is 7.81. The molecule has 0 fully saturated rings. The number of nitrogens with one attached hydrogen (secondary N) is 1. The molecule has 1 heterocycles. The molecule has 0 radical (unpaired) electrons. The zero-order valence-electron chi connectivity index (χ0n) is 14.2. The van der Waals surface area contributed by atoms with Crippen LogP contribution in [-0.4, -0.2) is 17.0 Å². The molecule has 128 valence electrons. The molecule has 5 nitrogen and oxygen atoms in total. The number of carbonyl (C=O) groups is 2. The monoisotopic (exact) mass is 329 g/mol. The number of aryl methyl sites for hydroxylation is 1. The molecule has 1 atom stereocenters. The Morgan fingerprint density at radius 3 is 2.42 bits per heavy atom. The van der Waals surface area contributed by atoms with Crippen molar-refractivity contribution in [3.63, 3.8) is 0 Å². The lowest BCUT2D eigenvalue weighted by Gasteiger charge is -2.18. The quantitative estimate of drug-likeness (QED) is 0.803. The van der Waals surface area contributed by atoms with Gasteiger partial charge in [0.1, 0.15) is 11.5 Å². The summed E-state index contributed by atoms with van der Waals surface area (Å²) >= 11 is 0. The Labute approximate surface area is 141 Å². The van der Waals surface area contributed by atoms with Gasteiger partial charge in [-0.05, 0) is 25.0 Å². The van der Waals surface area contributed by atoms with Gasteiger partial charge < -0.3 is 14.8 Å². The smallest absolute Gasteiger partial charge is 0.303 e. The summed E-state index contributed by atoms with van der Waals surface area (Å²) in [6.07, 6.45) is 0.320. The lowest BCUT2D eigenvalue weighted by molar-refractivity contribution is -0.137. The standard InChI is InChI=1S/C19H23NO4/c1-12(2)17-11-15(13(3)24-17)19(23)20-16(9-10-18(21)22)14-7-5-4-6-8-14/h4-8,11-12,16H,9-10H2,1-3H3,(H,20,23)(H,21,22). The molecule has 1 aromatic heterocycles. The fourth-order valence-corrected chi connectivity index (χ4v) is 2.53. The van der Waals surface area contributed by atoms with Gasteiger partial charge in [-0.1, -0.05) is 44.2 Å². The van der Waals surface area contributed by atoms with Gasteiger partial charge in [0.15, 0.2) is 0 Å². The number of carboxylic acid groups (broad SMARTS) is 1. The molecule has 2 aromatic rings. The molecular formula is C19H23NO4. The molecule has 0 aliphatic heterocycles. The number of carbonyl (C=O) groups excluding carboxylic acids is 1. The van der Waals surface area contributed by atoms with Crippen LogP contribution in [0, 0.1) is 6.92 Å². The van der Waals surface area contributed by atoms with Gasteiger partial charge in [0.2, 0.25) is 0 Å². The maximum absolute atomic E-state index is 12.6. The summed E-state index contributed by atoms with van der Waals surface area (Å²) in [5.41, 5.74) is 1.38. The van der Waals surface area contributed by atoms with Gasteiger partial charge in [-0.25, -0.2) is 0 Å². The zero-order chi connectivity index (χ0) is 17.7. The maximum atomic E-state index is 12.6. The number of hydrogen-bond donors (Lipinski definition) is 2. The molecule has 24 heavy (non-hydrogen) atoms. The number of aliphatic carboxylic acids is 1. The summed E-state index contributed by atoms with van der Waals surface area (Å²) in [5, 5.41) is 11.9. The van der Waals surface area contributed by atoms with Gasteiger partial charge in [0, 0.05) is 12.3 Å². The fourth-order valence-electron chi connectivity index (χ4n) is 2.53. The van der Waals surface area contributed by atoms with Crippen molar-refractivity contribution in [2.45, 2.75) is 45.6 Å². The molecule has 2 rings (SSSR count). The molecule has 0 bridgehead atoms. The van der Waals surface area contributed by atoms with Gasteiger partial charge in [0.05, 0.1) is 11.6 Å². The summed E-state index contributed by atoms with van der Waals surface area (Å²) in [6.45, 7) is 5.76. The summed E-state index contributed by atoms with van der Waals surface area (Å²) in [4.78, 5) is 23.5. The molecule has 1 aromatic carbocycles. The first-order valence-corrected chi connectivity index (χ1v) is 8.06. The Morgan fingerprint density at radius 1 is 1.21 bits per heavy atom. The minimum atomic E-state index is -0.883. The molecule has 0 spiro atoms. The molecule has 2 N–H and O–H groups in total. The van der Waals surface area contributed by atoms with Crippen molar-refractivity contribution in [2.24, 2.45) is 0 Å². The van der Waals surface area contributed by atoms with E-state index in [-0.39, 0.29) is 24.3 Å². The van der Waals surface area contributed by atoms with E-state index in [9.17, 15) is 9.59 Å². The molecule has 0 aliphatic rings. The van der Waals surface area contributed by atoms with Crippen molar-refractivity contribution in [1.29, 1.82) is 0 Å². The van der Waals surface area contributed by atoms with Crippen LogP contribution in [-0.2, 0) is 4.79 Å². The Hall–Kier alpha value is -2.56. The Balaban J connectivity index is 2.19. The summed E-state index contributed by atoms with van der Waals surface area (Å²) in [5.74, 6) is 0.400. The Bertz CT molecular complexity index is 703. The van der Waals surface area contributed by atoms with Crippen LogP contribution in [0.3, 0.4) is 0 Å². The van der Waals surface area contributed by atoms with E-state index in [1.165, 1.54) is 0 Å². The van der Waals surface area contributed by atoms with E-state index in [1.54, 1.807) is 13.0 Å². The minimum absolute atomic E-state index is 0.0124. The van der Waals surface area contributed by atoms with Crippen LogP contribution in [0.25, 0.3) is 0 Å². The van der Waals surface area contributed by atoms with Gasteiger partial charge in [0.25, 0.3) is 5.91 Å². The third kappa shape index (κ3) is 4.47. The highest BCUT2D eigenvalue weighted by molar-refractivity contribution is 5.95. The first-order chi connectivity index (χ1) is 11.4. The van der Waals surface area contributed by atoms with E-state index >= 15 is 0 Å². The second-order valence-corrected chi connectivity index (χ2v) is 6.14. The third-order valence-electron chi connectivity index (χ3n) is 3.90. The molecule has 0 saturated heterocycles. The topological polar surface area (TPSA) is 79.5 Å². The number of amides is 1. The summed E-state index contributed by atoms with van der Waals surface area (Å²) in [7, 11) is 0. The van der Waals surface area contributed by atoms with E-state index in [0.717, 1.165) is 11.3 Å². The van der Waals surface area contributed by atoms with Crippen molar-refractivity contribution in [3.8, 4) is 0 Å². The third-order valence-corrected chi connectivity index (χ3v) is 3.90.